The summed E-state index contributed by atoms with van der Waals surface area (Å²) in [6.45, 7) is 3.93. The molecule has 0 saturated carbocycles. The highest BCUT2D eigenvalue weighted by Gasteiger charge is 2.26. The maximum absolute atomic E-state index is 12.8. The number of carbonyl (C=O) groups excluding carboxylic acids is 1. The Bertz CT molecular complexity index is 1020. The summed E-state index contributed by atoms with van der Waals surface area (Å²) in [5.74, 6) is 1.17. The van der Waals surface area contributed by atoms with Crippen LogP contribution in [0, 0.1) is 5.92 Å². The second-order valence-electron chi connectivity index (χ2n) is 6.88. The summed E-state index contributed by atoms with van der Waals surface area (Å²) in [6, 6.07) is 7.44. The molecule has 3 aromatic heterocycles. The van der Waals surface area contributed by atoms with Gasteiger partial charge in [0.15, 0.2) is 5.65 Å². The third-order valence-electron chi connectivity index (χ3n) is 5.21. The largest absolute Gasteiger partial charge is 0.343 e. The van der Waals surface area contributed by atoms with Crippen LogP contribution < -0.4 is 5.69 Å². The standard InChI is InChI=1S/C19H22N6O2/c1-2-25-16(22-23-19(25)27)12-13-7-10-24(11-8-13)18(26)15-6-5-14-4-3-9-20-17(14)21-15/h3-6,9,13H,2,7-8,10-12H2,1H3,(H,23,27). The Labute approximate surface area is 156 Å². The van der Waals surface area contributed by atoms with Gasteiger partial charge in [-0.2, -0.15) is 5.10 Å². The molecule has 4 rings (SSSR count). The molecule has 1 fully saturated rings. The second-order valence-corrected chi connectivity index (χ2v) is 6.88. The van der Waals surface area contributed by atoms with Crippen LogP contribution in [0.1, 0.15) is 36.1 Å². The molecule has 1 aliphatic heterocycles. The number of pyridine rings is 2. The molecular formula is C19H22N6O2. The van der Waals surface area contributed by atoms with Crippen molar-refractivity contribution in [3.8, 4) is 0 Å². The lowest BCUT2D eigenvalue weighted by Gasteiger charge is -2.31. The number of amides is 1. The van der Waals surface area contributed by atoms with E-state index in [4.69, 9.17) is 0 Å². The van der Waals surface area contributed by atoms with E-state index in [1.165, 1.54) is 0 Å². The molecule has 8 nitrogen and oxygen atoms in total. The minimum atomic E-state index is -0.156. The van der Waals surface area contributed by atoms with E-state index in [1.807, 2.05) is 30.0 Å². The predicted molar refractivity (Wildman–Crippen MR) is 100 cm³/mol. The van der Waals surface area contributed by atoms with E-state index in [0.29, 0.717) is 36.9 Å². The van der Waals surface area contributed by atoms with Gasteiger partial charge in [0.25, 0.3) is 5.91 Å². The van der Waals surface area contributed by atoms with Crippen molar-refractivity contribution in [3.63, 3.8) is 0 Å². The van der Waals surface area contributed by atoms with E-state index in [9.17, 15) is 9.59 Å². The summed E-state index contributed by atoms with van der Waals surface area (Å²) in [4.78, 5) is 35.0. The fraction of sp³-hybridized carbons (Fsp3) is 0.421. The Hall–Kier alpha value is -3.03. The van der Waals surface area contributed by atoms with Crippen molar-refractivity contribution in [2.24, 2.45) is 5.92 Å². The lowest BCUT2D eigenvalue weighted by Crippen LogP contribution is -2.39. The molecule has 1 amide bonds. The fourth-order valence-corrected chi connectivity index (χ4v) is 3.66. The Morgan fingerprint density at radius 3 is 2.85 bits per heavy atom. The highest BCUT2D eigenvalue weighted by Crippen LogP contribution is 2.22. The third-order valence-corrected chi connectivity index (χ3v) is 5.21. The number of hydrogen-bond donors (Lipinski definition) is 1. The molecular weight excluding hydrogens is 344 g/mol. The number of fused-ring (bicyclic) bond motifs is 1. The maximum atomic E-state index is 12.8. The van der Waals surface area contributed by atoms with E-state index < -0.39 is 0 Å². The molecule has 0 aliphatic carbocycles. The Balaban J connectivity index is 1.40. The molecule has 0 unspecified atom stereocenters. The van der Waals surface area contributed by atoms with Crippen molar-refractivity contribution in [2.75, 3.05) is 13.1 Å². The summed E-state index contributed by atoms with van der Waals surface area (Å²) in [5, 5.41) is 7.58. The van der Waals surface area contributed by atoms with E-state index in [0.717, 1.165) is 30.5 Å². The Morgan fingerprint density at radius 2 is 2.07 bits per heavy atom. The summed E-state index contributed by atoms with van der Waals surface area (Å²) < 4.78 is 1.67. The molecule has 1 N–H and O–H groups in total. The minimum absolute atomic E-state index is 0.0498. The van der Waals surface area contributed by atoms with Crippen LogP contribution in [-0.4, -0.2) is 48.6 Å². The van der Waals surface area contributed by atoms with E-state index in [-0.39, 0.29) is 11.6 Å². The molecule has 1 aliphatic rings. The number of H-pyrrole nitrogens is 1. The molecule has 3 aromatic rings. The topological polar surface area (TPSA) is 96.8 Å². The highest BCUT2D eigenvalue weighted by atomic mass is 16.2. The number of piperidine rings is 1. The average molecular weight is 366 g/mol. The van der Waals surface area contributed by atoms with Gasteiger partial charge in [0.05, 0.1) is 0 Å². The first-order valence-corrected chi connectivity index (χ1v) is 9.31. The Kier molecular flexibility index (Phi) is 4.70. The van der Waals surface area contributed by atoms with Gasteiger partial charge >= 0.3 is 5.69 Å². The van der Waals surface area contributed by atoms with Crippen LogP contribution in [-0.2, 0) is 13.0 Å². The van der Waals surface area contributed by atoms with Crippen molar-refractivity contribution < 1.29 is 4.79 Å². The molecule has 1 saturated heterocycles. The molecule has 0 aromatic carbocycles. The number of aromatic amines is 1. The minimum Gasteiger partial charge on any atom is -0.337 e. The van der Waals surface area contributed by atoms with Crippen molar-refractivity contribution in [1.29, 1.82) is 0 Å². The van der Waals surface area contributed by atoms with E-state index in [2.05, 4.69) is 20.2 Å². The van der Waals surface area contributed by atoms with Crippen LogP contribution >= 0.6 is 0 Å². The zero-order valence-corrected chi connectivity index (χ0v) is 15.3. The van der Waals surface area contributed by atoms with Crippen LogP contribution in [0.5, 0.6) is 0 Å². The number of hydrogen-bond acceptors (Lipinski definition) is 5. The zero-order chi connectivity index (χ0) is 18.8. The van der Waals surface area contributed by atoms with Gasteiger partial charge in [-0.25, -0.2) is 19.9 Å². The number of aromatic nitrogens is 5. The van der Waals surface area contributed by atoms with Gasteiger partial charge in [-0.3, -0.25) is 9.36 Å². The van der Waals surface area contributed by atoms with Gasteiger partial charge in [0.1, 0.15) is 11.5 Å². The lowest BCUT2D eigenvalue weighted by molar-refractivity contribution is 0.0684. The monoisotopic (exact) mass is 366 g/mol. The first-order valence-electron chi connectivity index (χ1n) is 9.31. The lowest BCUT2D eigenvalue weighted by atomic mass is 9.93. The van der Waals surface area contributed by atoms with Crippen molar-refractivity contribution in [1.82, 2.24) is 29.6 Å². The van der Waals surface area contributed by atoms with Gasteiger partial charge in [-0.15, -0.1) is 0 Å². The predicted octanol–water partition coefficient (Wildman–Crippen LogP) is 1.63. The number of carbonyl (C=O) groups is 1. The summed E-state index contributed by atoms with van der Waals surface area (Å²) in [5.41, 5.74) is 0.872. The molecule has 27 heavy (non-hydrogen) atoms. The van der Waals surface area contributed by atoms with Crippen LogP contribution in [0.25, 0.3) is 11.0 Å². The summed E-state index contributed by atoms with van der Waals surface area (Å²) in [6.07, 6.45) is 4.22. The SMILES string of the molecule is CCn1c(CC2CCN(C(=O)c3ccc4cccnc4n3)CC2)n[nH]c1=O. The van der Waals surface area contributed by atoms with Gasteiger partial charge in [-0.05, 0) is 49.9 Å². The number of nitrogens with zero attached hydrogens (tertiary/aromatic N) is 5. The normalized spacial score (nSPS) is 15.4. The van der Waals surface area contributed by atoms with Gasteiger partial charge in [0, 0.05) is 37.6 Å². The molecule has 140 valence electrons. The van der Waals surface area contributed by atoms with E-state index in [1.54, 1.807) is 16.8 Å². The van der Waals surface area contributed by atoms with E-state index >= 15 is 0 Å². The van der Waals surface area contributed by atoms with Crippen molar-refractivity contribution in [2.45, 2.75) is 32.7 Å². The van der Waals surface area contributed by atoms with Crippen LogP contribution in [0.3, 0.4) is 0 Å². The Morgan fingerprint density at radius 1 is 1.26 bits per heavy atom. The second kappa shape index (κ2) is 7.30. The van der Waals surface area contributed by atoms with Gasteiger partial charge < -0.3 is 4.90 Å². The third kappa shape index (κ3) is 3.47. The number of likely N-dealkylation sites (tertiary alicyclic amines) is 1. The average Bonchev–Trinajstić information content (AvgIpc) is 3.06. The van der Waals surface area contributed by atoms with Crippen LogP contribution in [0.4, 0.5) is 0 Å². The molecule has 4 heterocycles. The zero-order valence-electron chi connectivity index (χ0n) is 15.3. The fourth-order valence-electron chi connectivity index (χ4n) is 3.66. The first-order chi connectivity index (χ1) is 13.2. The maximum Gasteiger partial charge on any atom is 0.343 e. The summed E-state index contributed by atoms with van der Waals surface area (Å²) >= 11 is 0. The van der Waals surface area contributed by atoms with Crippen LogP contribution in [0.15, 0.2) is 35.3 Å². The van der Waals surface area contributed by atoms with Crippen molar-refractivity contribution in [3.05, 3.63) is 52.5 Å². The molecule has 8 heteroatoms. The van der Waals surface area contributed by atoms with Crippen molar-refractivity contribution >= 4 is 16.9 Å². The smallest absolute Gasteiger partial charge is 0.337 e. The molecule has 0 bridgehead atoms. The molecule has 0 atom stereocenters. The number of nitrogens with one attached hydrogen (secondary N) is 1. The highest BCUT2D eigenvalue weighted by molar-refractivity contribution is 5.94. The molecule has 0 spiro atoms. The summed E-state index contributed by atoms with van der Waals surface area (Å²) in [7, 11) is 0. The first kappa shape index (κ1) is 17.4. The number of rotatable bonds is 4. The quantitative estimate of drug-likeness (QED) is 0.757. The van der Waals surface area contributed by atoms with Gasteiger partial charge in [-0.1, -0.05) is 0 Å². The molecule has 0 radical (unpaired) electrons. The van der Waals surface area contributed by atoms with Crippen LogP contribution in [0.2, 0.25) is 0 Å². The van der Waals surface area contributed by atoms with Gasteiger partial charge in [0.2, 0.25) is 0 Å².